The summed E-state index contributed by atoms with van der Waals surface area (Å²) in [4.78, 5) is 7.33. The van der Waals surface area contributed by atoms with Crippen LogP contribution in [0.15, 0.2) is 4.60 Å². The monoisotopic (exact) mass is 217 g/mol. The summed E-state index contributed by atoms with van der Waals surface area (Å²) in [5.41, 5.74) is 6.53. The molecule has 1 aromatic rings. The molecule has 0 fully saturated rings. The fourth-order valence-corrected chi connectivity index (χ4v) is 1.66. The quantitative estimate of drug-likeness (QED) is 0.794. The predicted molar refractivity (Wildman–Crippen MR) is 48.3 cm³/mol. The Balaban J connectivity index is 2.97. The van der Waals surface area contributed by atoms with Crippen molar-refractivity contribution in [2.75, 3.05) is 0 Å². The summed E-state index contributed by atoms with van der Waals surface area (Å²) in [5, 5.41) is 0. The van der Waals surface area contributed by atoms with Crippen LogP contribution in [-0.2, 0) is 6.54 Å². The first-order valence-corrected chi connectivity index (χ1v) is 4.38. The van der Waals surface area contributed by atoms with Crippen LogP contribution < -0.4 is 5.73 Å². The van der Waals surface area contributed by atoms with Crippen LogP contribution in [-0.4, -0.2) is 9.97 Å². The molecule has 62 valence electrons. The second-order valence-corrected chi connectivity index (χ2v) is 3.50. The van der Waals surface area contributed by atoms with Crippen molar-refractivity contribution in [1.29, 1.82) is 0 Å². The molecule has 0 radical (unpaired) electrons. The van der Waals surface area contributed by atoms with Gasteiger partial charge in [-0.05, 0) is 21.8 Å². The van der Waals surface area contributed by atoms with Crippen molar-refractivity contribution in [3.05, 3.63) is 16.1 Å². The van der Waals surface area contributed by atoms with Gasteiger partial charge >= 0.3 is 0 Å². The summed E-state index contributed by atoms with van der Waals surface area (Å²) in [6.07, 6.45) is 0. The van der Waals surface area contributed by atoms with Crippen molar-refractivity contribution in [2.24, 2.45) is 5.73 Å². The number of nitrogens with two attached hydrogens (primary N) is 1. The van der Waals surface area contributed by atoms with Crippen LogP contribution in [0.2, 0.25) is 0 Å². The molecule has 0 atom stereocenters. The average molecular weight is 218 g/mol. The maximum Gasteiger partial charge on any atom is 0.127 e. The first-order chi connectivity index (χ1) is 5.15. The minimum Gasteiger partial charge on any atom is -0.344 e. The Kier molecular flexibility index (Phi) is 2.67. The molecule has 0 unspecified atom stereocenters. The number of hydrogen-bond acceptors (Lipinski definition) is 2. The topological polar surface area (TPSA) is 54.7 Å². The largest absolute Gasteiger partial charge is 0.344 e. The van der Waals surface area contributed by atoms with Gasteiger partial charge in [0.2, 0.25) is 0 Å². The highest BCUT2D eigenvalue weighted by Crippen LogP contribution is 2.21. The smallest absolute Gasteiger partial charge is 0.127 e. The van der Waals surface area contributed by atoms with Gasteiger partial charge in [-0.15, -0.1) is 0 Å². The molecule has 0 amide bonds. The van der Waals surface area contributed by atoms with Crippen molar-refractivity contribution in [2.45, 2.75) is 26.3 Å². The Morgan fingerprint density at radius 1 is 1.64 bits per heavy atom. The third kappa shape index (κ3) is 1.81. The summed E-state index contributed by atoms with van der Waals surface area (Å²) < 4.78 is 0.882. The van der Waals surface area contributed by atoms with E-state index in [1.807, 2.05) is 0 Å². The van der Waals surface area contributed by atoms with Gasteiger partial charge in [-0.3, -0.25) is 0 Å². The Morgan fingerprint density at radius 2 is 2.27 bits per heavy atom. The number of rotatable bonds is 2. The van der Waals surface area contributed by atoms with Crippen LogP contribution in [0.5, 0.6) is 0 Å². The molecular formula is C7H12BrN3. The van der Waals surface area contributed by atoms with E-state index in [1.54, 1.807) is 0 Å². The van der Waals surface area contributed by atoms with Gasteiger partial charge < -0.3 is 10.7 Å². The summed E-state index contributed by atoms with van der Waals surface area (Å²) >= 11 is 3.36. The summed E-state index contributed by atoms with van der Waals surface area (Å²) in [7, 11) is 0. The molecule has 0 bridgehead atoms. The Bertz CT molecular complexity index is 242. The van der Waals surface area contributed by atoms with E-state index in [0.717, 1.165) is 16.1 Å². The van der Waals surface area contributed by atoms with Crippen LogP contribution in [0.3, 0.4) is 0 Å². The lowest BCUT2D eigenvalue weighted by Gasteiger charge is -1.99. The van der Waals surface area contributed by atoms with E-state index < -0.39 is 0 Å². The van der Waals surface area contributed by atoms with Crippen molar-refractivity contribution < 1.29 is 0 Å². The highest BCUT2D eigenvalue weighted by Gasteiger charge is 2.09. The highest BCUT2D eigenvalue weighted by atomic mass is 79.9. The number of nitrogens with one attached hydrogen (secondary N) is 1. The zero-order chi connectivity index (χ0) is 8.43. The van der Waals surface area contributed by atoms with Crippen molar-refractivity contribution in [3.8, 4) is 0 Å². The summed E-state index contributed by atoms with van der Waals surface area (Å²) in [5.74, 6) is 1.29. The van der Waals surface area contributed by atoms with Gasteiger partial charge in [-0.25, -0.2) is 4.98 Å². The van der Waals surface area contributed by atoms with Crippen LogP contribution >= 0.6 is 15.9 Å². The van der Waals surface area contributed by atoms with Crippen molar-refractivity contribution in [1.82, 2.24) is 9.97 Å². The van der Waals surface area contributed by atoms with Crippen molar-refractivity contribution >= 4 is 15.9 Å². The maximum absolute atomic E-state index is 5.42. The van der Waals surface area contributed by atoms with Gasteiger partial charge in [0.05, 0.1) is 12.2 Å². The van der Waals surface area contributed by atoms with E-state index in [1.165, 1.54) is 0 Å². The second kappa shape index (κ2) is 3.36. The molecule has 1 rings (SSSR count). The molecule has 0 saturated heterocycles. The summed E-state index contributed by atoms with van der Waals surface area (Å²) in [6.45, 7) is 4.68. The van der Waals surface area contributed by atoms with E-state index in [0.29, 0.717) is 12.5 Å². The molecule has 3 nitrogen and oxygen atoms in total. The number of imidazole rings is 1. The van der Waals surface area contributed by atoms with Gasteiger partial charge in [-0.1, -0.05) is 13.8 Å². The molecule has 11 heavy (non-hydrogen) atoms. The predicted octanol–water partition coefficient (Wildman–Crippen LogP) is 1.75. The van der Waals surface area contributed by atoms with E-state index >= 15 is 0 Å². The Labute approximate surface area is 74.5 Å². The average Bonchev–Trinajstić information content (AvgIpc) is 2.30. The number of nitrogens with zero attached hydrogens (tertiary/aromatic N) is 1. The van der Waals surface area contributed by atoms with Gasteiger partial charge in [0.1, 0.15) is 10.4 Å². The molecule has 0 aromatic carbocycles. The molecule has 1 aromatic heterocycles. The molecular weight excluding hydrogens is 206 g/mol. The zero-order valence-corrected chi connectivity index (χ0v) is 8.27. The fraction of sp³-hybridized carbons (Fsp3) is 0.571. The van der Waals surface area contributed by atoms with Crippen LogP contribution in [0.1, 0.15) is 31.3 Å². The highest BCUT2D eigenvalue weighted by molar-refractivity contribution is 9.10. The minimum atomic E-state index is 0.456. The first-order valence-electron chi connectivity index (χ1n) is 3.59. The van der Waals surface area contributed by atoms with Crippen LogP contribution in [0.25, 0.3) is 0 Å². The summed E-state index contributed by atoms with van der Waals surface area (Å²) in [6, 6.07) is 0. The van der Waals surface area contributed by atoms with Gasteiger partial charge in [0, 0.05) is 0 Å². The maximum atomic E-state index is 5.42. The van der Waals surface area contributed by atoms with Gasteiger partial charge in [0.25, 0.3) is 0 Å². The number of hydrogen-bond donors (Lipinski definition) is 2. The number of aromatic nitrogens is 2. The minimum absolute atomic E-state index is 0.456. The molecule has 0 spiro atoms. The lowest BCUT2D eigenvalue weighted by molar-refractivity contribution is 0.816. The molecule has 1 heterocycles. The van der Waals surface area contributed by atoms with E-state index in [2.05, 4.69) is 39.7 Å². The normalized spacial score (nSPS) is 11.0. The lowest BCUT2D eigenvalue weighted by Crippen LogP contribution is -1.98. The van der Waals surface area contributed by atoms with Crippen LogP contribution in [0.4, 0.5) is 0 Å². The molecule has 3 N–H and O–H groups in total. The molecule has 0 aliphatic heterocycles. The molecule has 4 heteroatoms. The molecule has 0 aliphatic carbocycles. The van der Waals surface area contributed by atoms with Crippen LogP contribution in [0, 0.1) is 0 Å². The molecule has 0 saturated carbocycles. The standard InChI is InChI=1S/C7H12BrN3/c1-4(2)6-7(8)11-5(3-9)10-6/h4H,3,9H2,1-2H3,(H,10,11). The third-order valence-corrected chi connectivity index (χ3v) is 2.11. The zero-order valence-electron chi connectivity index (χ0n) is 6.69. The van der Waals surface area contributed by atoms with E-state index in [4.69, 9.17) is 5.73 Å². The van der Waals surface area contributed by atoms with Gasteiger partial charge in [0.15, 0.2) is 0 Å². The van der Waals surface area contributed by atoms with Gasteiger partial charge in [-0.2, -0.15) is 0 Å². The number of aromatic amines is 1. The van der Waals surface area contributed by atoms with E-state index in [9.17, 15) is 0 Å². The Hall–Kier alpha value is -0.350. The van der Waals surface area contributed by atoms with Crippen molar-refractivity contribution in [3.63, 3.8) is 0 Å². The van der Waals surface area contributed by atoms with E-state index in [-0.39, 0.29) is 0 Å². The Morgan fingerprint density at radius 3 is 2.55 bits per heavy atom. The SMILES string of the molecule is CC(C)c1[nH]c(CN)nc1Br. The fourth-order valence-electron chi connectivity index (χ4n) is 0.893. The molecule has 0 aliphatic rings. The first kappa shape index (κ1) is 8.74. The number of halogens is 1. The third-order valence-electron chi connectivity index (χ3n) is 1.51. The second-order valence-electron chi connectivity index (χ2n) is 2.75. The lowest BCUT2D eigenvalue weighted by atomic mass is 10.2. The number of H-pyrrole nitrogens is 1.